The third-order valence-corrected chi connectivity index (χ3v) is 5.32. The molecule has 1 aromatic rings. The van der Waals surface area contributed by atoms with Crippen molar-refractivity contribution in [3.05, 3.63) is 20.3 Å². The van der Waals surface area contributed by atoms with Gasteiger partial charge in [-0.15, -0.1) is 11.3 Å². The van der Waals surface area contributed by atoms with E-state index >= 15 is 0 Å². The lowest BCUT2D eigenvalue weighted by atomic mass is 9.84. The van der Waals surface area contributed by atoms with Gasteiger partial charge in [-0.3, -0.25) is 9.59 Å². The Kier molecular flexibility index (Phi) is 6.20. The van der Waals surface area contributed by atoms with E-state index in [2.05, 4.69) is 21.2 Å². The van der Waals surface area contributed by atoms with Crippen LogP contribution in [0.1, 0.15) is 48.3 Å². The Balaban J connectivity index is 2.40. The van der Waals surface area contributed by atoms with E-state index in [1.165, 1.54) is 11.3 Å². The number of nitrogens with one attached hydrogen (secondary N) is 1. The lowest BCUT2D eigenvalue weighted by Gasteiger charge is -2.23. The Labute approximate surface area is 131 Å². The van der Waals surface area contributed by atoms with Gasteiger partial charge >= 0.3 is 5.97 Å². The largest absolute Gasteiger partial charge is 0.481 e. The van der Waals surface area contributed by atoms with Crippen molar-refractivity contribution in [3.8, 4) is 0 Å². The standard InChI is InChI=1S/C14H20BrNO3S/c1-9-8-10(20-12(9)15)13(19)16-7-6-14(2,3)5-4-11(17)18/h8H,4-7H2,1-3H3,(H,16,19)(H,17,18). The van der Waals surface area contributed by atoms with E-state index in [1.54, 1.807) is 0 Å². The van der Waals surface area contributed by atoms with Crippen LogP contribution >= 0.6 is 27.3 Å². The van der Waals surface area contributed by atoms with Gasteiger partial charge in [-0.2, -0.15) is 0 Å². The van der Waals surface area contributed by atoms with Crippen LogP contribution in [0.15, 0.2) is 9.85 Å². The average Bonchev–Trinajstić information content (AvgIpc) is 2.67. The second kappa shape index (κ2) is 7.22. The third kappa shape index (κ3) is 5.63. The van der Waals surface area contributed by atoms with Crippen LogP contribution in [0.2, 0.25) is 0 Å². The number of thiophene rings is 1. The molecular weight excluding hydrogens is 342 g/mol. The minimum Gasteiger partial charge on any atom is -0.481 e. The van der Waals surface area contributed by atoms with Gasteiger partial charge in [0.05, 0.1) is 8.66 Å². The molecule has 6 heteroatoms. The molecule has 2 N–H and O–H groups in total. The molecule has 0 saturated carbocycles. The molecule has 0 unspecified atom stereocenters. The SMILES string of the molecule is Cc1cc(C(=O)NCCC(C)(C)CCC(=O)O)sc1Br. The molecule has 1 aromatic heterocycles. The van der Waals surface area contributed by atoms with Crippen LogP contribution in [0.5, 0.6) is 0 Å². The zero-order valence-corrected chi connectivity index (χ0v) is 14.4. The molecule has 0 spiro atoms. The number of rotatable bonds is 7. The normalized spacial score (nSPS) is 11.4. The molecule has 0 aliphatic rings. The van der Waals surface area contributed by atoms with E-state index in [9.17, 15) is 9.59 Å². The van der Waals surface area contributed by atoms with Crippen LogP contribution < -0.4 is 5.32 Å². The quantitative estimate of drug-likeness (QED) is 0.775. The summed E-state index contributed by atoms with van der Waals surface area (Å²) < 4.78 is 0.976. The molecule has 20 heavy (non-hydrogen) atoms. The van der Waals surface area contributed by atoms with Crippen molar-refractivity contribution in [3.63, 3.8) is 0 Å². The fourth-order valence-corrected chi connectivity index (χ4v) is 3.19. The molecule has 1 amide bonds. The molecule has 0 fully saturated rings. The van der Waals surface area contributed by atoms with Gasteiger partial charge in [0, 0.05) is 13.0 Å². The highest BCUT2D eigenvalue weighted by Gasteiger charge is 2.19. The van der Waals surface area contributed by atoms with Crippen LogP contribution in [0.3, 0.4) is 0 Å². The topological polar surface area (TPSA) is 66.4 Å². The summed E-state index contributed by atoms with van der Waals surface area (Å²) in [5.41, 5.74) is 0.972. The van der Waals surface area contributed by atoms with Gasteiger partial charge < -0.3 is 10.4 Å². The molecule has 0 atom stereocenters. The van der Waals surface area contributed by atoms with Crippen molar-refractivity contribution in [2.75, 3.05) is 6.54 Å². The maximum Gasteiger partial charge on any atom is 0.303 e. The summed E-state index contributed by atoms with van der Waals surface area (Å²) in [4.78, 5) is 23.2. The minimum absolute atomic E-state index is 0.0714. The Morgan fingerprint density at radius 2 is 2.05 bits per heavy atom. The number of hydrogen-bond donors (Lipinski definition) is 2. The number of aliphatic carboxylic acids is 1. The number of halogens is 1. The molecule has 0 radical (unpaired) electrons. The van der Waals surface area contributed by atoms with E-state index in [-0.39, 0.29) is 17.7 Å². The van der Waals surface area contributed by atoms with E-state index in [0.29, 0.717) is 17.8 Å². The Morgan fingerprint density at radius 3 is 2.55 bits per heavy atom. The molecule has 1 rings (SSSR count). The highest BCUT2D eigenvalue weighted by Crippen LogP contribution is 2.28. The van der Waals surface area contributed by atoms with E-state index < -0.39 is 5.97 Å². The first-order valence-corrected chi connectivity index (χ1v) is 8.08. The summed E-state index contributed by atoms with van der Waals surface area (Å²) in [5.74, 6) is -0.848. The Morgan fingerprint density at radius 1 is 1.40 bits per heavy atom. The fourth-order valence-electron chi connectivity index (χ4n) is 1.74. The summed E-state index contributed by atoms with van der Waals surface area (Å²) >= 11 is 4.82. The van der Waals surface area contributed by atoms with Gasteiger partial charge in [0.15, 0.2) is 0 Å². The molecule has 0 aromatic carbocycles. The molecular formula is C14H20BrNO3S. The van der Waals surface area contributed by atoms with Crippen LogP contribution in [-0.4, -0.2) is 23.5 Å². The van der Waals surface area contributed by atoms with Crippen LogP contribution in [-0.2, 0) is 4.79 Å². The first-order chi connectivity index (χ1) is 9.21. The van der Waals surface area contributed by atoms with Crippen LogP contribution in [0, 0.1) is 12.3 Å². The number of carboxylic acids is 1. The summed E-state index contributed by atoms with van der Waals surface area (Å²) in [5, 5.41) is 11.6. The smallest absolute Gasteiger partial charge is 0.303 e. The second-order valence-corrected chi connectivity index (χ2v) is 8.00. The zero-order valence-electron chi connectivity index (χ0n) is 12.0. The van der Waals surface area contributed by atoms with Crippen LogP contribution in [0.25, 0.3) is 0 Å². The number of amides is 1. The van der Waals surface area contributed by atoms with Gasteiger partial charge in [-0.1, -0.05) is 13.8 Å². The van der Waals surface area contributed by atoms with E-state index in [4.69, 9.17) is 5.11 Å². The molecule has 0 aliphatic carbocycles. The molecule has 4 nitrogen and oxygen atoms in total. The molecule has 0 saturated heterocycles. The van der Waals surface area contributed by atoms with Crippen molar-refractivity contribution in [2.24, 2.45) is 5.41 Å². The summed E-state index contributed by atoms with van der Waals surface area (Å²) in [6.45, 7) is 6.55. The summed E-state index contributed by atoms with van der Waals surface area (Å²) in [7, 11) is 0. The van der Waals surface area contributed by atoms with Gasteiger partial charge in [-0.05, 0) is 52.7 Å². The maximum absolute atomic E-state index is 11.9. The lowest BCUT2D eigenvalue weighted by molar-refractivity contribution is -0.137. The average molecular weight is 362 g/mol. The molecule has 112 valence electrons. The number of carboxylic acid groups (broad SMARTS) is 1. The predicted molar refractivity (Wildman–Crippen MR) is 84.4 cm³/mol. The fraction of sp³-hybridized carbons (Fsp3) is 0.571. The zero-order chi connectivity index (χ0) is 15.3. The van der Waals surface area contributed by atoms with Gasteiger partial charge in [0.2, 0.25) is 0 Å². The van der Waals surface area contributed by atoms with Crippen molar-refractivity contribution >= 4 is 39.1 Å². The lowest BCUT2D eigenvalue weighted by Crippen LogP contribution is -2.27. The van der Waals surface area contributed by atoms with Crippen molar-refractivity contribution in [1.82, 2.24) is 5.32 Å². The predicted octanol–water partition coefficient (Wildman–Crippen LogP) is 3.83. The van der Waals surface area contributed by atoms with Crippen molar-refractivity contribution < 1.29 is 14.7 Å². The van der Waals surface area contributed by atoms with Crippen LogP contribution in [0.4, 0.5) is 0 Å². The Bertz CT molecular complexity index is 477. The molecule has 1 heterocycles. The molecule has 0 bridgehead atoms. The highest BCUT2D eigenvalue weighted by molar-refractivity contribution is 9.11. The second-order valence-electron chi connectivity index (χ2n) is 5.63. The highest BCUT2D eigenvalue weighted by atomic mass is 79.9. The van der Waals surface area contributed by atoms with Crippen molar-refractivity contribution in [2.45, 2.75) is 40.0 Å². The van der Waals surface area contributed by atoms with Gasteiger partial charge in [0.1, 0.15) is 0 Å². The number of carbonyl (C=O) groups excluding carboxylic acids is 1. The monoisotopic (exact) mass is 361 g/mol. The first kappa shape index (κ1) is 17.2. The summed E-state index contributed by atoms with van der Waals surface area (Å²) in [6.07, 6.45) is 1.54. The van der Waals surface area contributed by atoms with Gasteiger partial charge in [-0.25, -0.2) is 0 Å². The summed E-state index contributed by atoms with van der Waals surface area (Å²) in [6, 6.07) is 1.86. The van der Waals surface area contributed by atoms with E-state index in [0.717, 1.165) is 15.8 Å². The van der Waals surface area contributed by atoms with Crippen molar-refractivity contribution in [1.29, 1.82) is 0 Å². The van der Waals surface area contributed by atoms with E-state index in [1.807, 2.05) is 26.8 Å². The Hall–Kier alpha value is -0.880. The third-order valence-electron chi connectivity index (χ3n) is 3.18. The number of carbonyl (C=O) groups is 2. The number of hydrogen-bond acceptors (Lipinski definition) is 3. The number of aryl methyl sites for hydroxylation is 1. The maximum atomic E-state index is 11.9. The minimum atomic E-state index is -0.777. The van der Waals surface area contributed by atoms with Gasteiger partial charge in [0.25, 0.3) is 5.91 Å². The first-order valence-electron chi connectivity index (χ1n) is 6.47. The molecule has 0 aliphatic heterocycles.